The van der Waals surface area contributed by atoms with Gasteiger partial charge in [-0.1, -0.05) is 26.0 Å². The zero-order valence-corrected chi connectivity index (χ0v) is 12.5. The average Bonchev–Trinajstić information content (AvgIpc) is 2.36. The zero-order chi connectivity index (χ0) is 13.5. The molecule has 0 aliphatic rings. The summed E-state index contributed by atoms with van der Waals surface area (Å²) in [5.74, 6) is 0.412. The number of hydrogen-bond donors (Lipinski definition) is 2. The third-order valence-electron chi connectivity index (χ3n) is 2.87. The van der Waals surface area contributed by atoms with Crippen molar-refractivity contribution in [2.75, 3.05) is 19.0 Å². The highest BCUT2D eigenvalue weighted by molar-refractivity contribution is 5.91. The Balaban J connectivity index is 0.00000324. The average molecular weight is 287 g/mol. The Morgan fingerprint density at radius 1 is 1.32 bits per heavy atom. The van der Waals surface area contributed by atoms with Gasteiger partial charge in [-0.3, -0.25) is 4.79 Å². The molecule has 0 spiro atoms. The Kier molecular flexibility index (Phi) is 8.39. The summed E-state index contributed by atoms with van der Waals surface area (Å²) in [5, 5.41) is 2.83. The van der Waals surface area contributed by atoms with Gasteiger partial charge in [-0.25, -0.2) is 0 Å². The first-order chi connectivity index (χ1) is 8.56. The van der Waals surface area contributed by atoms with Gasteiger partial charge in [0, 0.05) is 19.3 Å². The molecule has 0 radical (unpaired) electrons. The molecule has 5 heteroatoms. The van der Waals surface area contributed by atoms with Crippen molar-refractivity contribution in [3.63, 3.8) is 0 Å². The molecule has 1 atom stereocenters. The van der Waals surface area contributed by atoms with Crippen molar-refractivity contribution >= 4 is 24.0 Å². The van der Waals surface area contributed by atoms with Crippen LogP contribution in [0.15, 0.2) is 24.3 Å². The maximum Gasteiger partial charge on any atom is 0.227 e. The van der Waals surface area contributed by atoms with Crippen molar-refractivity contribution in [3.05, 3.63) is 29.8 Å². The molecule has 3 N–H and O–H groups in total. The van der Waals surface area contributed by atoms with E-state index in [0.717, 1.165) is 5.69 Å². The maximum atomic E-state index is 11.7. The van der Waals surface area contributed by atoms with Crippen LogP contribution in [0.2, 0.25) is 0 Å². The summed E-state index contributed by atoms with van der Waals surface area (Å²) in [6, 6.07) is 7.88. The van der Waals surface area contributed by atoms with Crippen LogP contribution in [-0.2, 0) is 9.53 Å². The van der Waals surface area contributed by atoms with E-state index in [4.69, 9.17) is 10.5 Å². The van der Waals surface area contributed by atoms with Crippen LogP contribution in [0, 0.1) is 0 Å². The first-order valence-corrected chi connectivity index (χ1v) is 6.19. The van der Waals surface area contributed by atoms with E-state index in [0.29, 0.717) is 12.5 Å². The van der Waals surface area contributed by atoms with Gasteiger partial charge >= 0.3 is 0 Å². The molecule has 1 unspecified atom stereocenters. The molecule has 4 nitrogen and oxygen atoms in total. The Hall–Kier alpha value is -1.10. The van der Waals surface area contributed by atoms with Gasteiger partial charge in [0.1, 0.15) is 0 Å². The van der Waals surface area contributed by atoms with E-state index in [-0.39, 0.29) is 30.8 Å². The molecular formula is C14H23ClN2O2. The predicted molar refractivity (Wildman–Crippen MR) is 80.9 cm³/mol. The first-order valence-electron chi connectivity index (χ1n) is 6.19. The number of halogens is 1. The minimum Gasteiger partial charge on any atom is -0.380 e. The molecule has 0 fully saturated rings. The van der Waals surface area contributed by atoms with Crippen molar-refractivity contribution in [1.82, 2.24) is 0 Å². The molecule has 0 bridgehead atoms. The Bertz CT molecular complexity index is 376. The summed E-state index contributed by atoms with van der Waals surface area (Å²) >= 11 is 0. The number of benzene rings is 1. The number of ether oxygens (including phenoxy) is 1. The van der Waals surface area contributed by atoms with Crippen LogP contribution >= 0.6 is 12.4 Å². The van der Waals surface area contributed by atoms with Crippen molar-refractivity contribution < 1.29 is 9.53 Å². The third kappa shape index (κ3) is 6.05. The molecule has 0 saturated carbocycles. The van der Waals surface area contributed by atoms with E-state index in [1.54, 1.807) is 7.11 Å². The lowest BCUT2D eigenvalue weighted by Crippen LogP contribution is -2.28. The van der Waals surface area contributed by atoms with Gasteiger partial charge in [0.05, 0.1) is 12.5 Å². The number of amides is 1. The van der Waals surface area contributed by atoms with Crippen molar-refractivity contribution in [3.8, 4) is 0 Å². The summed E-state index contributed by atoms with van der Waals surface area (Å²) in [7, 11) is 1.56. The second-order valence-corrected chi connectivity index (χ2v) is 4.62. The summed E-state index contributed by atoms with van der Waals surface area (Å²) < 4.78 is 5.07. The second kappa shape index (κ2) is 8.91. The number of carbonyl (C=O) groups is 1. The first kappa shape index (κ1) is 17.9. The van der Waals surface area contributed by atoms with E-state index in [9.17, 15) is 4.79 Å². The zero-order valence-electron chi connectivity index (χ0n) is 11.7. The van der Waals surface area contributed by atoms with Crippen LogP contribution in [0.25, 0.3) is 0 Å². The topological polar surface area (TPSA) is 64.3 Å². The summed E-state index contributed by atoms with van der Waals surface area (Å²) in [6.07, 6.45) is 0.0544. The van der Waals surface area contributed by atoms with Crippen molar-refractivity contribution in [1.29, 1.82) is 0 Å². The smallest absolute Gasteiger partial charge is 0.227 e. The number of anilines is 1. The van der Waals surface area contributed by atoms with Crippen LogP contribution in [0.1, 0.15) is 31.7 Å². The molecule has 1 aromatic carbocycles. The Morgan fingerprint density at radius 3 is 2.32 bits per heavy atom. The standard InChI is InChI=1S/C14H22N2O2.ClH/c1-10(2)11-4-6-12(7-5-11)16-14(17)8-13(9-15)18-3;/h4-7,10,13H,8-9,15H2,1-3H3,(H,16,17);1H. The van der Waals surface area contributed by atoms with E-state index in [1.807, 2.05) is 24.3 Å². The molecule has 0 aromatic heterocycles. The maximum absolute atomic E-state index is 11.7. The minimum absolute atomic E-state index is 0. The van der Waals surface area contributed by atoms with Crippen LogP contribution in [0.4, 0.5) is 5.69 Å². The fourth-order valence-electron chi connectivity index (χ4n) is 1.63. The van der Waals surface area contributed by atoms with Crippen LogP contribution in [-0.4, -0.2) is 25.7 Å². The van der Waals surface area contributed by atoms with E-state index < -0.39 is 0 Å². The molecule has 0 aliphatic carbocycles. The molecular weight excluding hydrogens is 264 g/mol. The Labute approximate surface area is 121 Å². The molecule has 0 heterocycles. The number of hydrogen-bond acceptors (Lipinski definition) is 3. The lowest BCUT2D eigenvalue weighted by molar-refractivity contribution is -0.118. The van der Waals surface area contributed by atoms with Gasteiger partial charge in [-0.05, 0) is 23.6 Å². The third-order valence-corrected chi connectivity index (χ3v) is 2.87. The molecule has 1 rings (SSSR count). The quantitative estimate of drug-likeness (QED) is 0.845. The fraction of sp³-hybridized carbons (Fsp3) is 0.500. The molecule has 0 aliphatic heterocycles. The predicted octanol–water partition coefficient (Wildman–Crippen LogP) is 2.53. The van der Waals surface area contributed by atoms with Gasteiger partial charge in [-0.15, -0.1) is 12.4 Å². The molecule has 0 saturated heterocycles. The second-order valence-electron chi connectivity index (χ2n) is 4.62. The van der Waals surface area contributed by atoms with Gasteiger partial charge in [0.25, 0.3) is 0 Å². The van der Waals surface area contributed by atoms with Crippen molar-refractivity contribution in [2.45, 2.75) is 32.3 Å². The van der Waals surface area contributed by atoms with Gasteiger partial charge in [0.15, 0.2) is 0 Å². The van der Waals surface area contributed by atoms with Crippen LogP contribution in [0.3, 0.4) is 0 Å². The fourth-order valence-corrected chi connectivity index (χ4v) is 1.63. The van der Waals surface area contributed by atoms with Gasteiger partial charge in [0.2, 0.25) is 5.91 Å². The number of methoxy groups -OCH3 is 1. The van der Waals surface area contributed by atoms with E-state index in [1.165, 1.54) is 5.56 Å². The highest BCUT2D eigenvalue weighted by Crippen LogP contribution is 2.17. The summed E-state index contributed by atoms with van der Waals surface area (Å²) in [5.41, 5.74) is 7.53. The lowest BCUT2D eigenvalue weighted by Gasteiger charge is -2.13. The number of rotatable bonds is 6. The largest absolute Gasteiger partial charge is 0.380 e. The van der Waals surface area contributed by atoms with E-state index >= 15 is 0 Å². The molecule has 19 heavy (non-hydrogen) atoms. The summed E-state index contributed by atoms with van der Waals surface area (Å²) in [6.45, 7) is 4.62. The van der Waals surface area contributed by atoms with Crippen LogP contribution in [0.5, 0.6) is 0 Å². The minimum atomic E-state index is -0.222. The normalized spacial score (nSPS) is 11.8. The van der Waals surface area contributed by atoms with Gasteiger partial charge < -0.3 is 15.8 Å². The SMILES string of the molecule is COC(CN)CC(=O)Nc1ccc(C(C)C)cc1.Cl. The molecule has 108 valence electrons. The Morgan fingerprint density at radius 2 is 1.89 bits per heavy atom. The monoisotopic (exact) mass is 286 g/mol. The molecule has 1 aromatic rings. The highest BCUT2D eigenvalue weighted by atomic mass is 35.5. The molecule has 1 amide bonds. The summed E-state index contributed by atoms with van der Waals surface area (Å²) in [4.78, 5) is 11.7. The van der Waals surface area contributed by atoms with Crippen LogP contribution < -0.4 is 11.1 Å². The number of nitrogens with one attached hydrogen (secondary N) is 1. The number of nitrogens with two attached hydrogens (primary N) is 1. The van der Waals surface area contributed by atoms with E-state index in [2.05, 4.69) is 19.2 Å². The van der Waals surface area contributed by atoms with Gasteiger partial charge in [-0.2, -0.15) is 0 Å². The highest BCUT2D eigenvalue weighted by Gasteiger charge is 2.11. The van der Waals surface area contributed by atoms with Crippen molar-refractivity contribution in [2.24, 2.45) is 5.73 Å². The number of carbonyl (C=O) groups excluding carboxylic acids is 1. The lowest BCUT2D eigenvalue weighted by atomic mass is 10.0.